The molecule has 0 aliphatic heterocycles. The van der Waals surface area contributed by atoms with E-state index in [2.05, 4.69) is 4.74 Å². The summed E-state index contributed by atoms with van der Waals surface area (Å²) in [5, 5.41) is -0.654. The number of hydrogen-bond acceptors (Lipinski definition) is 3. The Morgan fingerprint density at radius 1 is 1.41 bits per heavy atom. The van der Waals surface area contributed by atoms with Gasteiger partial charge < -0.3 is 9.47 Å². The van der Waals surface area contributed by atoms with E-state index in [0.717, 1.165) is 12.1 Å². The lowest BCUT2D eigenvalue weighted by Gasteiger charge is -2.14. The molecule has 0 saturated heterocycles. The van der Waals surface area contributed by atoms with Gasteiger partial charge in [0, 0.05) is 7.11 Å². The minimum absolute atomic E-state index is 0.0694. The topological polar surface area (TPSA) is 35.5 Å². The molecule has 0 fully saturated rings. The molecule has 17 heavy (non-hydrogen) atoms. The number of carbonyl (C=O) groups is 1. The SMILES string of the molecule is COCOc1c(C=O)ccc(C(F)(F)F)c1Cl. The zero-order valence-electron chi connectivity index (χ0n) is 8.68. The number of halogens is 4. The van der Waals surface area contributed by atoms with Crippen molar-refractivity contribution in [2.75, 3.05) is 13.9 Å². The highest BCUT2D eigenvalue weighted by Crippen LogP contribution is 2.40. The Balaban J connectivity index is 3.27. The van der Waals surface area contributed by atoms with Gasteiger partial charge in [0.1, 0.15) is 0 Å². The van der Waals surface area contributed by atoms with Crippen LogP contribution in [0.5, 0.6) is 5.75 Å². The van der Waals surface area contributed by atoms with Crippen molar-refractivity contribution in [2.24, 2.45) is 0 Å². The van der Waals surface area contributed by atoms with Crippen LogP contribution >= 0.6 is 11.6 Å². The first kappa shape index (κ1) is 13.8. The third-order valence-corrected chi connectivity index (χ3v) is 2.26. The smallest absolute Gasteiger partial charge is 0.417 e. The van der Waals surface area contributed by atoms with Crippen LogP contribution in [0.15, 0.2) is 12.1 Å². The molecule has 7 heteroatoms. The fraction of sp³-hybridized carbons (Fsp3) is 0.300. The molecule has 0 bridgehead atoms. The molecular weight excluding hydrogens is 261 g/mol. The average molecular weight is 269 g/mol. The molecular formula is C10H8ClF3O3. The number of ether oxygens (including phenoxy) is 2. The van der Waals surface area contributed by atoms with Crippen molar-refractivity contribution in [3.05, 3.63) is 28.3 Å². The Hall–Kier alpha value is -1.27. The molecule has 1 aromatic rings. The van der Waals surface area contributed by atoms with Crippen molar-refractivity contribution < 1.29 is 27.4 Å². The number of benzene rings is 1. The van der Waals surface area contributed by atoms with Gasteiger partial charge >= 0.3 is 6.18 Å². The van der Waals surface area contributed by atoms with Crippen LogP contribution in [-0.4, -0.2) is 20.2 Å². The number of alkyl halides is 3. The second-order valence-corrected chi connectivity index (χ2v) is 3.39. The summed E-state index contributed by atoms with van der Waals surface area (Å²) in [5.41, 5.74) is -1.13. The van der Waals surface area contributed by atoms with Gasteiger partial charge in [-0.05, 0) is 12.1 Å². The summed E-state index contributed by atoms with van der Waals surface area (Å²) in [6.07, 6.45) is -4.25. The van der Waals surface area contributed by atoms with Gasteiger partial charge in [-0.15, -0.1) is 0 Å². The average Bonchev–Trinajstić information content (AvgIpc) is 2.25. The van der Waals surface area contributed by atoms with Gasteiger partial charge in [0.05, 0.1) is 16.1 Å². The Morgan fingerprint density at radius 3 is 2.53 bits per heavy atom. The van der Waals surface area contributed by atoms with Crippen molar-refractivity contribution >= 4 is 17.9 Å². The first-order chi connectivity index (χ1) is 7.91. The largest absolute Gasteiger partial charge is 0.465 e. The van der Waals surface area contributed by atoms with Crippen molar-refractivity contribution in [3.8, 4) is 5.75 Å². The van der Waals surface area contributed by atoms with Crippen molar-refractivity contribution in [1.82, 2.24) is 0 Å². The third-order valence-electron chi connectivity index (χ3n) is 1.88. The Bertz CT molecular complexity index is 418. The summed E-state index contributed by atoms with van der Waals surface area (Å²) in [6, 6.07) is 1.72. The fourth-order valence-corrected chi connectivity index (χ4v) is 1.48. The summed E-state index contributed by atoms with van der Waals surface area (Å²) in [4.78, 5) is 10.6. The Morgan fingerprint density at radius 2 is 2.06 bits per heavy atom. The molecule has 3 nitrogen and oxygen atoms in total. The standard InChI is InChI=1S/C10H8ClF3O3/c1-16-5-17-9-6(4-15)2-3-7(8(9)11)10(12,13)14/h2-4H,5H2,1H3. The van der Waals surface area contributed by atoms with Crippen LogP contribution in [0.25, 0.3) is 0 Å². The molecule has 0 radical (unpaired) electrons. The van der Waals surface area contributed by atoms with E-state index in [1.54, 1.807) is 0 Å². The quantitative estimate of drug-likeness (QED) is 0.622. The Kier molecular flexibility index (Phi) is 4.36. The predicted octanol–water partition coefficient (Wildman–Crippen LogP) is 3.15. The molecule has 0 N–H and O–H groups in total. The number of hydrogen-bond donors (Lipinski definition) is 0. The maximum atomic E-state index is 12.5. The molecule has 0 unspecified atom stereocenters. The van der Waals surface area contributed by atoms with E-state index in [1.165, 1.54) is 7.11 Å². The molecule has 1 aromatic carbocycles. The normalized spacial score (nSPS) is 11.4. The van der Waals surface area contributed by atoms with Crippen molar-refractivity contribution in [3.63, 3.8) is 0 Å². The minimum Gasteiger partial charge on any atom is -0.465 e. The predicted molar refractivity (Wildman–Crippen MR) is 54.3 cm³/mol. The van der Waals surface area contributed by atoms with Crippen LogP contribution < -0.4 is 4.74 Å². The zero-order chi connectivity index (χ0) is 13.1. The van der Waals surface area contributed by atoms with Gasteiger partial charge in [-0.3, -0.25) is 4.79 Å². The van der Waals surface area contributed by atoms with Crippen molar-refractivity contribution in [2.45, 2.75) is 6.18 Å². The Labute approximate surface area is 100 Å². The van der Waals surface area contributed by atoms with Gasteiger partial charge in [0.25, 0.3) is 0 Å². The summed E-state index contributed by atoms with van der Waals surface area (Å²) >= 11 is 5.55. The second-order valence-electron chi connectivity index (χ2n) is 3.01. The minimum atomic E-state index is -4.61. The zero-order valence-corrected chi connectivity index (χ0v) is 9.43. The van der Waals surface area contributed by atoms with Gasteiger partial charge in [-0.2, -0.15) is 13.2 Å². The van der Waals surface area contributed by atoms with Crippen LogP contribution in [0.3, 0.4) is 0 Å². The van der Waals surface area contributed by atoms with Crippen LogP contribution in [0.2, 0.25) is 5.02 Å². The lowest BCUT2D eigenvalue weighted by molar-refractivity contribution is -0.137. The van der Waals surface area contributed by atoms with E-state index in [4.69, 9.17) is 16.3 Å². The molecule has 0 heterocycles. The number of carbonyl (C=O) groups excluding carboxylic acids is 1. The molecule has 0 atom stereocenters. The van der Waals surface area contributed by atoms with Crippen LogP contribution in [0, 0.1) is 0 Å². The van der Waals surface area contributed by atoms with E-state index < -0.39 is 16.8 Å². The maximum absolute atomic E-state index is 12.5. The fourth-order valence-electron chi connectivity index (χ4n) is 1.15. The number of aldehydes is 1. The van der Waals surface area contributed by atoms with Crippen LogP contribution in [-0.2, 0) is 10.9 Å². The van der Waals surface area contributed by atoms with Gasteiger partial charge in [-0.1, -0.05) is 11.6 Å². The first-order valence-corrected chi connectivity index (χ1v) is 4.76. The highest BCUT2D eigenvalue weighted by Gasteiger charge is 2.35. The van der Waals surface area contributed by atoms with E-state index in [0.29, 0.717) is 6.29 Å². The van der Waals surface area contributed by atoms with E-state index >= 15 is 0 Å². The molecule has 1 rings (SSSR count). The third kappa shape index (κ3) is 3.10. The van der Waals surface area contributed by atoms with E-state index in [9.17, 15) is 18.0 Å². The second kappa shape index (κ2) is 5.37. The molecule has 0 aliphatic carbocycles. The molecule has 94 valence electrons. The maximum Gasteiger partial charge on any atom is 0.417 e. The molecule has 0 amide bonds. The van der Waals surface area contributed by atoms with Gasteiger partial charge in [0.2, 0.25) is 0 Å². The molecule has 0 aromatic heterocycles. The summed E-state index contributed by atoms with van der Waals surface area (Å²) in [6.45, 7) is -0.304. The van der Waals surface area contributed by atoms with Gasteiger partial charge in [-0.25, -0.2) is 0 Å². The molecule has 0 aliphatic rings. The van der Waals surface area contributed by atoms with Crippen LogP contribution in [0.4, 0.5) is 13.2 Å². The van der Waals surface area contributed by atoms with Crippen LogP contribution in [0.1, 0.15) is 15.9 Å². The number of methoxy groups -OCH3 is 1. The molecule has 0 spiro atoms. The van der Waals surface area contributed by atoms with E-state index in [-0.39, 0.29) is 18.1 Å². The summed E-state index contributed by atoms with van der Waals surface area (Å²) < 4.78 is 47.0. The lowest BCUT2D eigenvalue weighted by Crippen LogP contribution is -2.09. The monoisotopic (exact) mass is 268 g/mol. The number of rotatable bonds is 4. The highest BCUT2D eigenvalue weighted by atomic mass is 35.5. The summed E-state index contributed by atoms with van der Waals surface area (Å²) in [7, 11) is 1.29. The van der Waals surface area contributed by atoms with E-state index in [1.807, 2.05) is 0 Å². The summed E-state index contributed by atoms with van der Waals surface area (Å²) in [5.74, 6) is -0.335. The first-order valence-electron chi connectivity index (χ1n) is 4.38. The van der Waals surface area contributed by atoms with Gasteiger partial charge in [0.15, 0.2) is 18.8 Å². The van der Waals surface area contributed by atoms with Crippen molar-refractivity contribution in [1.29, 1.82) is 0 Å². The lowest BCUT2D eigenvalue weighted by atomic mass is 10.1. The molecule has 0 saturated carbocycles. The highest BCUT2D eigenvalue weighted by molar-refractivity contribution is 6.33.